The number of aromatic amines is 1. The van der Waals surface area contributed by atoms with Crippen molar-refractivity contribution in [1.82, 2.24) is 19.5 Å². The first-order valence-electron chi connectivity index (χ1n) is 11.5. The van der Waals surface area contributed by atoms with Crippen LogP contribution < -0.4 is 30.5 Å². The molecule has 1 N–H and O–H groups in total. The fourth-order valence-electron chi connectivity index (χ4n) is 4.63. The number of aromatic nitrogens is 4. The minimum absolute atomic E-state index is 0.108. The summed E-state index contributed by atoms with van der Waals surface area (Å²) in [7, 11) is 0. The van der Waals surface area contributed by atoms with E-state index in [9.17, 15) is 9.59 Å². The van der Waals surface area contributed by atoms with Crippen LogP contribution in [0.2, 0.25) is 0 Å². The zero-order chi connectivity index (χ0) is 24.1. The molecule has 4 aromatic rings. The Morgan fingerprint density at radius 1 is 0.943 bits per heavy atom. The van der Waals surface area contributed by atoms with Gasteiger partial charge in [-0.1, -0.05) is 12.1 Å². The Morgan fingerprint density at radius 3 is 2.54 bits per heavy atom. The van der Waals surface area contributed by atoms with Gasteiger partial charge in [0.2, 0.25) is 12.7 Å². The van der Waals surface area contributed by atoms with Crippen molar-refractivity contribution < 1.29 is 9.47 Å². The van der Waals surface area contributed by atoms with Gasteiger partial charge in [-0.2, -0.15) is 4.98 Å². The zero-order valence-electron chi connectivity index (χ0n) is 19.4. The predicted molar refractivity (Wildman–Crippen MR) is 132 cm³/mol. The number of benzene rings is 2. The maximum Gasteiger partial charge on any atom is 0.334 e. The lowest BCUT2D eigenvalue weighted by molar-refractivity contribution is 0.174. The number of H-pyrrole nitrogens is 1. The van der Waals surface area contributed by atoms with E-state index in [0.717, 1.165) is 30.7 Å². The molecule has 0 aliphatic carbocycles. The largest absolute Gasteiger partial charge is 0.454 e. The van der Waals surface area contributed by atoms with E-state index in [1.165, 1.54) is 23.0 Å². The van der Waals surface area contributed by atoms with Crippen LogP contribution in [0.5, 0.6) is 11.5 Å². The number of hydrogen-bond acceptors (Lipinski definition) is 8. The third-order valence-corrected chi connectivity index (χ3v) is 6.73. The SMILES string of the molecule is Cc1cccc(N2CCN(c3ncc4c(=O)n(-c5ccc6c(c5)OCO6)c(=O)[nH]c4n3)CC2)c1C. The summed E-state index contributed by atoms with van der Waals surface area (Å²) in [6, 6.07) is 11.3. The van der Waals surface area contributed by atoms with Crippen LogP contribution in [0.3, 0.4) is 0 Å². The van der Waals surface area contributed by atoms with Gasteiger partial charge < -0.3 is 19.3 Å². The molecule has 2 aliphatic rings. The first-order chi connectivity index (χ1) is 17.0. The lowest BCUT2D eigenvalue weighted by Gasteiger charge is -2.37. The highest BCUT2D eigenvalue weighted by atomic mass is 16.7. The first-order valence-corrected chi connectivity index (χ1v) is 11.5. The molecule has 2 aromatic carbocycles. The molecule has 6 rings (SSSR count). The molecule has 0 spiro atoms. The molecule has 10 nitrogen and oxygen atoms in total. The minimum atomic E-state index is -0.578. The highest BCUT2D eigenvalue weighted by Crippen LogP contribution is 2.33. The minimum Gasteiger partial charge on any atom is -0.454 e. The van der Waals surface area contributed by atoms with Crippen molar-refractivity contribution in [3.8, 4) is 17.2 Å². The summed E-state index contributed by atoms with van der Waals surface area (Å²) in [4.78, 5) is 42.2. The molecule has 4 heterocycles. The molecule has 178 valence electrons. The lowest BCUT2D eigenvalue weighted by atomic mass is 10.1. The van der Waals surface area contributed by atoms with Crippen molar-refractivity contribution in [3.05, 3.63) is 74.6 Å². The van der Waals surface area contributed by atoms with Gasteiger partial charge in [-0.25, -0.2) is 14.3 Å². The summed E-state index contributed by atoms with van der Waals surface area (Å²) in [5.74, 6) is 1.55. The van der Waals surface area contributed by atoms with Gasteiger partial charge in [-0.05, 0) is 43.2 Å². The normalized spacial score (nSPS) is 15.1. The summed E-state index contributed by atoms with van der Waals surface area (Å²) in [5, 5.41) is 0.236. The van der Waals surface area contributed by atoms with Crippen LogP contribution in [0.1, 0.15) is 11.1 Å². The highest BCUT2D eigenvalue weighted by Gasteiger charge is 2.22. The van der Waals surface area contributed by atoms with Crippen molar-refractivity contribution in [2.75, 3.05) is 42.8 Å². The Labute approximate surface area is 200 Å². The van der Waals surface area contributed by atoms with Crippen molar-refractivity contribution in [3.63, 3.8) is 0 Å². The van der Waals surface area contributed by atoms with Gasteiger partial charge in [0.15, 0.2) is 17.1 Å². The maximum absolute atomic E-state index is 13.2. The van der Waals surface area contributed by atoms with E-state index in [-0.39, 0.29) is 17.8 Å². The summed E-state index contributed by atoms with van der Waals surface area (Å²) < 4.78 is 11.7. The average molecular weight is 473 g/mol. The first kappa shape index (κ1) is 21.2. The van der Waals surface area contributed by atoms with Crippen LogP contribution in [-0.2, 0) is 0 Å². The molecular formula is C25H24N6O4. The standard InChI is InChI=1S/C25H24N6O4/c1-15-4-3-5-19(16(15)2)29-8-10-30(11-9-29)24-26-13-18-22(27-24)28-25(33)31(23(18)32)17-6-7-20-21(12-17)35-14-34-20/h3-7,12-13H,8-11,14H2,1-2H3,(H,26,27,28,33). The molecule has 0 saturated carbocycles. The fraction of sp³-hybridized carbons (Fsp3) is 0.280. The topological polar surface area (TPSA) is 106 Å². The number of hydrogen-bond donors (Lipinski definition) is 1. The summed E-state index contributed by atoms with van der Waals surface area (Å²) >= 11 is 0. The van der Waals surface area contributed by atoms with E-state index in [1.807, 2.05) is 0 Å². The van der Waals surface area contributed by atoms with Gasteiger partial charge in [0.05, 0.1) is 5.69 Å². The average Bonchev–Trinajstić information content (AvgIpc) is 3.34. The third-order valence-electron chi connectivity index (χ3n) is 6.73. The van der Waals surface area contributed by atoms with E-state index in [2.05, 4.69) is 56.8 Å². The molecule has 1 fully saturated rings. The number of anilines is 2. The quantitative estimate of drug-likeness (QED) is 0.484. The van der Waals surface area contributed by atoms with Crippen LogP contribution in [0.25, 0.3) is 16.7 Å². The number of rotatable bonds is 3. The van der Waals surface area contributed by atoms with Gasteiger partial charge in [0, 0.05) is 44.1 Å². The van der Waals surface area contributed by atoms with E-state index >= 15 is 0 Å². The predicted octanol–water partition coefficient (Wildman–Crippen LogP) is 2.14. The number of aryl methyl sites for hydroxylation is 1. The van der Waals surface area contributed by atoms with Crippen molar-refractivity contribution in [2.45, 2.75) is 13.8 Å². The molecule has 2 aromatic heterocycles. The van der Waals surface area contributed by atoms with E-state index in [1.54, 1.807) is 18.2 Å². The second-order valence-electron chi connectivity index (χ2n) is 8.73. The molecule has 0 amide bonds. The number of ether oxygens (including phenoxy) is 2. The zero-order valence-corrected chi connectivity index (χ0v) is 19.4. The van der Waals surface area contributed by atoms with E-state index < -0.39 is 11.2 Å². The molecule has 0 atom stereocenters. The Morgan fingerprint density at radius 2 is 1.71 bits per heavy atom. The molecular weight excluding hydrogens is 448 g/mol. The number of nitrogens with zero attached hydrogens (tertiary/aromatic N) is 5. The molecule has 0 unspecified atom stereocenters. The van der Waals surface area contributed by atoms with Crippen molar-refractivity contribution in [2.24, 2.45) is 0 Å². The van der Waals surface area contributed by atoms with Gasteiger partial charge in [0.25, 0.3) is 5.56 Å². The van der Waals surface area contributed by atoms with Crippen LogP contribution in [0.15, 0.2) is 52.2 Å². The van der Waals surface area contributed by atoms with Crippen LogP contribution in [0.4, 0.5) is 11.6 Å². The molecule has 1 saturated heterocycles. The number of piperazine rings is 1. The monoisotopic (exact) mass is 472 g/mol. The fourth-order valence-corrected chi connectivity index (χ4v) is 4.63. The van der Waals surface area contributed by atoms with Gasteiger partial charge >= 0.3 is 5.69 Å². The highest BCUT2D eigenvalue weighted by molar-refractivity contribution is 5.74. The summed E-state index contributed by atoms with van der Waals surface area (Å²) in [6.45, 7) is 7.50. The number of nitrogens with one attached hydrogen (secondary N) is 1. The van der Waals surface area contributed by atoms with E-state index in [4.69, 9.17) is 9.47 Å². The molecule has 35 heavy (non-hydrogen) atoms. The summed E-state index contributed by atoms with van der Waals surface area (Å²) in [6.07, 6.45) is 1.48. The smallest absolute Gasteiger partial charge is 0.334 e. The molecule has 2 aliphatic heterocycles. The number of fused-ring (bicyclic) bond motifs is 2. The second-order valence-corrected chi connectivity index (χ2v) is 8.73. The van der Waals surface area contributed by atoms with Gasteiger partial charge in [-0.3, -0.25) is 9.78 Å². The Kier molecular flexibility index (Phi) is 4.94. The molecule has 10 heteroatoms. The van der Waals surface area contributed by atoms with Crippen molar-refractivity contribution >= 4 is 22.7 Å². The Hall–Kier alpha value is -4.34. The lowest BCUT2D eigenvalue weighted by Crippen LogP contribution is -2.47. The Bertz CT molecular complexity index is 1570. The third kappa shape index (κ3) is 3.58. The summed E-state index contributed by atoms with van der Waals surface area (Å²) in [5.41, 5.74) is 3.35. The van der Waals surface area contributed by atoms with Gasteiger partial charge in [-0.15, -0.1) is 0 Å². The second kappa shape index (κ2) is 8.15. The van der Waals surface area contributed by atoms with E-state index in [0.29, 0.717) is 23.1 Å². The van der Waals surface area contributed by atoms with Gasteiger partial charge in [0.1, 0.15) is 5.39 Å². The van der Waals surface area contributed by atoms with Crippen LogP contribution in [-0.4, -0.2) is 52.5 Å². The van der Waals surface area contributed by atoms with Crippen molar-refractivity contribution in [1.29, 1.82) is 0 Å². The Balaban J connectivity index is 1.28. The maximum atomic E-state index is 13.2. The molecule has 0 bridgehead atoms. The van der Waals surface area contributed by atoms with Crippen LogP contribution >= 0.6 is 0 Å². The molecule has 0 radical (unpaired) electrons. The van der Waals surface area contributed by atoms with Crippen LogP contribution in [0, 0.1) is 13.8 Å².